The lowest BCUT2D eigenvalue weighted by atomic mass is 9.89. The van der Waals surface area contributed by atoms with Gasteiger partial charge in [0.25, 0.3) is 5.91 Å². The van der Waals surface area contributed by atoms with Gasteiger partial charge in [0.2, 0.25) is 5.89 Å². The van der Waals surface area contributed by atoms with Crippen molar-refractivity contribution in [1.29, 1.82) is 0 Å². The molecule has 30 heavy (non-hydrogen) atoms. The Labute approximate surface area is 172 Å². The lowest BCUT2D eigenvalue weighted by molar-refractivity contribution is 0.0827. The second-order valence-corrected chi connectivity index (χ2v) is 6.92. The molecular formula is C24H18F2N2O2. The number of carbonyl (C=O) groups excluding carboxylic acids is 1. The van der Waals surface area contributed by atoms with Crippen LogP contribution in [0.15, 0.2) is 77.5 Å². The molecule has 6 heteroatoms. The van der Waals surface area contributed by atoms with Crippen LogP contribution in [0.2, 0.25) is 0 Å². The molecule has 3 aromatic carbocycles. The van der Waals surface area contributed by atoms with Crippen LogP contribution in [0.5, 0.6) is 0 Å². The molecule has 0 bridgehead atoms. The Bertz CT molecular complexity index is 1200. The zero-order valence-corrected chi connectivity index (χ0v) is 16.4. The number of benzene rings is 3. The van der Waals surface area contributed by atoms with Gasteiger partial charge in [0.15, 0.2) is 0 Å². The van der Waals surface area contributed by atoms with E-state index in [1.165, 1.54) is 31.5 Å². The van der Waals surface area contributed by atoms with Crippen molar-refractivity contribution in [1.82, 2.24) is 9.88 Å². The van der Waals surface area contributed by atoms with E-state index in [2.05, 4.69) is 4.98 Å². The number of hydrogen-bond acceptors (Lipinski definition) is 3. The quantitative estimate of drug-likeness (QED) is 0.441. The Hall–Kier alpha value is -3.80. The summed E-state index contributed by atoms with van der Waals surface area (Å²) in [5, 5.41) is 0. The van der Waals surface area contributed by atoms with E-state index in [4.69, 9.17) is 4.42 Å². The molecule has 0 radical (unpaired) electrons. The summed E-state index contributed by atoms with van der Waals surface area (Å²) in [7, 11) is 3.07. The van der Waals surface area contributed by atoms with Crippen LogP contribution < -0.4 is 0 Å². The standard InChI is InChI=1S/C24H18F2N2O2/c1-28(2)24(29)18-14-19(25)21(23-27-12-13-30-23)22(26)20(18)17-11-7-6-10-16(17)15-8-4-3-5-9-15/h3-14H,1-2H3. The molecule has 150 valence electrons. The van der Waals surface area contributed by atoms with Gasteiger partial charge < -0.3 is 9.32 Å². The monoisotopic (exact) mass is 404 g/mol. The number of halogens is 2. The molecule has 1 amide bonds. The van der Waals surface area contributed by atoms with Crippen LogP contribution in [-0.4, -0.2) is 29.9 Å². The average molecular weight is 404 g/mol. The van der Waals surface area contributed by atoms with Gasteiger partial charge in [-0.15, -0.1) is 0 Å². The molecule has 0 atom stereocenters. The topological polar surface area (TPSA) is 46.3 Å². The van der Waals surface area contributed by atoms with Crippen LogP contribution in [0.25, 0.3) is 33.7 Å². The van der Waals surface area contributed by atoms with E-state index in [1.807, 2.05) is 42.5 Å². The summed E-state index contributed by atoms with van der Waals surface area (Å²) in [5.41, 5.74) is 1.55. The van der Waals surface area contributed by atoms with Gasteiger partial charge in [-0.2, -0.15) is 0 Å². The van der Waals surface area contributed by atoms with Crippen molar-refractivity contribution in [3.63, 3.8) is 0 Å². The normalized spacial score (nSPS) is 10.8. The third-order valence-corrected chi connectivity index (χ3v) is 4.78. The highest BCUT2D eigenvalue weighted by atomic mass is 19.1. The number of carbonyl (C=O) groups is 1. The Morgan fingerprint density at radius 1 is 0.933 bits per heavy atom. The van der Waals surface area contributed by atoms with Crippen LogP contribution in [0.3, 0.4) is 0 Å². The van der Waals surface area contributed by atoms with Crippen molar-refractivity contribution < 1.29 is 18.0 Å². The smallest absolute Gasteiger partial charge is 0.254 e. The summed E-state index contributed by atoms with van der Waals surface area (Å²) in [5.74, 6) is -2.51. The number of hydrogen-bond donors (Lipinski definition) is 0. The molecule has 0 N–H and O–H groups in total. The van der Waals surface area contributed by atoms with Gasteiger partial charge in [-0.3, -0.25) is 4.79 Å². The molecule has 0 saturated heterocycles. The average Bonchev–Trinajstić information content (AvgIpc) is 3.28. The van der Waals surface area contributed by atoms with Gasteiger partial charge >= 0.3 is 0 Å². The maximum atomic E-state index is 15.9. The van der Waals surface area contributed by atoms with Crippen molar-refractivity contribution >= 4 is 5.91 Å². The van der Waals surface area contributed by atoms with Gasteiger partial charge in [-0.1, -0.05) is 54.6 Å². The van der Waals surface area contributed by atoms with Crippen LogP contribution in [0, 0.1) is 11.6 Å². The van der Waals surface area contributed by atoms with Gasteiger partial charge in [0.1, 0.15) is 23.5 Å². The maximum Gasteiger partial charge on any atom is 0.254 e. The first-order valence-electron chi connectivity index (χ1n) is 9.27. The van der Waals surface area contributed by atoms with Crippen molar-refractivity contribution in [2.45, 2.75) is 0 Å². The summed E-state index contributed by atoms with van der Waals surface area (Å²) in [4.78, 5) is 18.0. The van der Waals surface area contributed by atoms with Gasteiger partial charge in [0.05, 0.1) is 11.8 Å². The van der Waals surface area contributed by atoms with Gasteiger partial charge in [0, 0.05) is 19.7 Å². The highest BCUT2D eigenvalue weighted by Crippen LogP contribution is 2.40. The second-order valence-electron chi connectivity index (χ2n) is 6.92. The molecule has 0 spiro atoms. The van der Waals surface area contributed by atoms with E-state index < -0.39 is 23.1 Å². The molecular weight excluding hydrogens is 386 g/mol. The van der Waals surface area contributed by atoms with Crippen molar-refractivity contribution in [2.24, 2.45) is 0 Å². The predicted molar refractivity (Wildman–Crippen MR) is 111 cm³/mol. The van der Waals surface area contributed by atoms with Crippen LogP contribution in [0.1, 0.15) is 10.4 Å². The molecule has 4 nitrogen and oxygen atoms in total. The van der Waals surface area contributed by atoms with Crippen molar-refractivity contribution in [3.8, 4) is 33.7 Å². The van der Waals surface area contributed by atoms with E-state index in [-0.39, 0.29) is 17.0 Å². The second kappa shape index (κ2) is 7.91. The fourth-order valence-electron chi connectivity index (χ4n) is 3.41. The van der Waals surface area contributed by atoms with Crippen LogP contribution in [0.4, 0.5) is 8.78 Å². The van der Waals surface area contributed by atoms with Crippen LogP contribution in [-0.2, 0) is 0 Å². The van der Waals surface area contributed by atoms with E-state index in [9.17, 15) is 9.18 Å². The Morgan fingerprint density at radius 2 is 1.60 bits per heavy atom. The first-order valence-corrected chi connectivity index (χ1v) is 9.27. The van der Waals surface area contributed by atoms with Crippen molar-refractivity contribution in [3.05, 3.63) is 90.3 Å². The lowest BCUT2D eigenvalue weighted by Crippen LogP contribution is -2.23. The zero-order chi connectivity index (χ0) is 21.3. The molecule has 1 aromatic heterocycles. The number of aromatic nitrogens is 1. The summed E-state index contributed by atoms with van der Waals surface area (Å²) < 4.78 is 35.9. The molecule has 0 fully saturated rings. The van der Waals surface area contributed by atoms with E-state index in [1.54, 1.807) is 12.1 Å². The minimum absolute atomic E-state index is 0.00255. The first kappa shape index (κ1) is 19.5. The minimum Gasteiger partial charge on any atom is -0.444 e. The third kappa shape index (κ3) is 3.37. The number of rotatable bonds is 4. The Morgan fingerprint density at radius 3 is 2.23 bits per heavy atom. The van der Waals surface area contributed by atoms with Crippen molar-refractivity contribution in [2.75, 3.05) is 14.1 Å². The molecule has 0 unspecified atom stereocenters. The highest BCUT2D eigenvalue weighted by molar-refractivity contribution is 6.03. The zero-order valence-electron chi connectivity index (χ0n) is 16.4. The van der Waals surface area contributed by atoms with Gasteiger partial charge in [-0.25, -0.2) is 13.8 Å². The minimum atomic E-state index is -0.916. The third-order valence-electron chi connectivity index (χ3n) is 4.78. The summed E-state index contributed by atoms with van der Waals surface area (Å²) in [6.45, 7) is 0. The lowest BCUT2D eigenvalue weighted by Gasteiger charge is -2.19. The van der Waals surface area contributed by atoms with E-state index >= 15 is 4.39 Å². The fourth-order valence-corrected chi connectivity index (χ4v) is 3.41. The number of oxazole rings is 1. The van der Waals surface area contributed by atoms with Gasteiger partial charge in [-0.05, 0) is 22.8 Å². The highest BCUT2D eigenvalue weighted by Gasteiger charge is 2.28. The summed E-state index contributed by atoms with van der Waals surface area (Å²) >= 11 is 0. The first-order chi connectivity index (χ1) is 14.5. The Balaban J connectivity index is 2.07. The predicted octanol–water partition coefficient (Wildman–Crippen LogP) is 5.66. The fraction of sp³-hybridized carbons (Fsp3) is 0.0833. The van der Waals surface area contributed by atoms with E-state index in [0.29, 0.717) is 5.56 Å². The molecule has 0 aliphatic carbocycles. The molecule has 0 aliphatic rings. The molecule has 1 heterocycles. The number of nitrogens with zero attached hydrogens (tertiary/aromatic N) is 2. The SMILES string of the molecule is CN(C)C(=O)c1cc(F)c(-c2ncco2)c(F)c1-c1ccccc1-c1ccccc1. The van der Waals surface area contributed by atoms with Crippen LogP contribution >= 0.6 is 0 Å². The molecule has 0 saturated carbocycles. The number of amides is 1. The largest absolute Gasteiger partial charge is 0.444 e. The Kier molecular flexibility index (Phi) is 5.14. The summed E-state index contributed by atoms with van der Waals surface area (Å²) in [6.07, 6.45) is 2.55. The molecule has 4 aromatic rings. The maximum absolute atomic E-state index is 15.9. The summed E-state index contributed by atoms with van der Waals surface area (Å²) in [6, 6.07) is 17.6. The molecule has 4 rings (SSSR count). The molecule has 0 aliphatic heterocycles. The van der Waals surface area contributed by atoms with E-state index in [0.717, 1.165) is 17.2 Å².